The number of halogens is 1. The minimum absolute atomic E-state index is 0. The van der Waals surface area contributed by atoms with E-state index in [0.29, 0.717) is 6.04 Å². The lowest BCUT2D eigenvalue weighted by molar-refractivity contribution is 0.511. The van der Waals surface area contributed by atoms with Gasteiger partial charge in [-0.05, 0) is 43.0 Å². The van der Waals surface area contributed by atoms with E-state index in [1.165, 1.54) is 24.1 Å². The first-order chi connectivity index (χ1) is 10.9. The van der Waals surface area contributed by atoms with E-state index >= 15 is 0 Å². The molecule has 5 heteroatoms. The van der Waals surface area contributed by atoms with Gasteiger partial charge in [0.2, 0.25) is 0 Å². The maximum Gasteiger partial charge on any atom is 0.198 e. The van der Waals surface area contributed by atoms with Crippen molar-refractivity contribution >= 4 is 35.6 Å². The standard InChI is InChI=1S/C18H21N3O.HI/c1-2-6-17-14(4-1)10-12-21(17)18(20-15-7-8-15)19-11-9-16-5-3-13-22-16;/h1-6,13,15H,7-12H2,(H,19,20);1H. The van der Waals surface area contributed by atoms with E-state index in [0.717, 1.165) is 37.7 Å². The van der Waals surface area contributed by atoms with Crippen molar-refractivity contribution < 1.29 is 4.42 Å². The summed E-state index contributed by atoms with van der Waals surface area (Å²) in [6.07, 6.45) is 6.18. The van der Waals surface area contributed by atoms with Crippen LogP contribution in [0.5, 0.6) is 0 Å². The third-order valence-corrected chi connectivity index (χ3v) is 4.25. The first kappa shape index (κ1) is 16.4. The molecule has 0 unspecified atom stereocenters. The maximum atomic E-state index is 5.39. The molecule has 0 amide bonds. The van der Waals surface area contributed by atoms with Crippen LogP contribution in [0.15, 0.2) is 52.1 Å². The maximum absolute atomic E-state index is 5.39. The molecule has 4 nitrogen and oxygen atoms in total. The van der Waals surface area contributed by atoms with Crippen LogP contribution in [0.2, 0.25) is 0 Å². The normalized spacial score (nSPS) is 16.9. The minimum Gasteiger partial charge on any atom is -0.469 e. The summed E-state index contributed by atoms with van der Waals surface area (Å²) in [6, 6.07) is 13.2. The number of guanidine groups is 1. The Bertz CT molecular complexity index is 665. The van der Waals surface area contributed by atoms with Crippen LogP contribution < -0.4 is 10.2 Å². The molecule has 1 aliphatic heterocycles. The van der Waals surface area contributed by atoms with Crippen molar-refractivity contribution in [1.82, 2.24) is 5.32 Å². The van der Waals surface area contributed by atoms with E-state index in [4.69, 9.17) is 9.41 Å². The largest absolute Gasteiger partial charge is 0.469 e. The summed E-state index contributed by atoms with van der Waals surface area (Å²) in [5.41, 5.74) is 2.71. The molecule has 1 fully saturated rings. The molecule has 1 aliphatic carbocycles. The number of furan rings is 1. The lowest BCUT2D eigenvalue weighted by Gasteiger charge is -2.22. The second-order valence-corrected chi connectivity index (χ2v) is 5.98. The van der Waals surface area contributed by atoms with E-state index < -0.39 is 0 Å². The molecule has 0 saturated heterocycles. The van der Waals surface area contributed by atoms with Crippen molar-refractivity contribution in [2.24, 2.45) is 4.99 Å². The summed E-state index contributed by atoms with van der Waals surface area (Å²) in [5.74, 6) is 2.02. The number of para-hydroxylation sites is 1. The number of rotatable bonds is 4. The quantitative estimate of drug-likeness (QED) is 0.464. The molecular formula is C18H22IN3O. The van der Waals surface area contributed by atoms with Crippen molar-refractivity contribution in [2.75, 3.05) is 18.0 Å². The van der Waals surface area contributed by atoms with Crippen LogP contribution in [0.1, 0.15) is 24.2 Å². The summed E-state index contributed by atoms with van der Waals surface area (Å²) in [6.45, 7) is 1.76. The molecule has 23 heavy (non-hydrogen) atoms. The van der Waals surface area contributed by atoms with E-state index in [1.807, 2.05) is 12.1 Å². The van der Waals surface area contributed by atoms with Crippen molar-refractivity contribution in [2.45, 2.75) is 31.7 Å². The third kappa shape index (κ3) is 3.88. The highest BCUT2D eigenvalue weighted by molar-refractivity contribution is 14.0. The number of fused-ring (bicyclic) bond motifs is 1. The Morgan fingerprint density at radius 3 is 2.87 bits per heavy atom. The van der Waals surface area contributed by atoms with E-state index in [2.05, 4.69) is 34.5 Å². The molecule has 4 rings (SSSR count). The average Bonchev–Trinajstić information content (AvgIpc) is 3.04. The van der Waals surface area contributed by atoms with Crippen LogP contribution in [0.3, 0.4) is 0 Å². The fourth-order valence-electron chi connectivity index (χ4n) is 2.90. The highest BCUT2D eigenvalue weighted by Crippen LogP contribution is 2.28. The van der Waals surface area contributed by atoms with Crippen LogP contribution in [0.4, 0.5) is 5.69 Å². The zero-order valence-electron chi connectivity index (χ0n) is 13.1. The van der Waals surface area contributed by atoms with Gasteiger partial charge in [0.15, 0.2) is 5.96 Å². The number of nitrogens with zero attached hydrogens (tertiary/aromatic N) is 2. The number of hydrogen-bond donors (Lipinski definition) is 1. The lowest BCUT2D eigenvalue weighted by atomic mass is 10.2. The molecule has 2 aromatic rings. The molecule has 2 aliphatic rings. The summed E-state index contributed by atoms with van der Waals surface area (Å²) in [7, 11) is 0. The Morgan fingerprint density at radius 1 is 1.22 bits per heavy atom. The first-order valence-corrected chi connectivity index (χ1v) is 8.09. The molecule has 0 bridgehead atoms. The van der Waals surface area contributed by atoms with Crippen LogP contribution in [-0.4, -0.2) is 25.1 Å². The first-order valence-electron chi connectivity index (χ1n) is 8.09. The molecular weight excluding hydrogens is 401 g/mol. The van der Waals surface area contributed by atoms with Gasteiger partial charge in [0, 0.05) is 31.2 Å². The van der Waals surface area contributed by atoms with Crippen molar-refractivity contribution in [3.63, 3.8) is 0 Å². The Labute approximate surface area is 154 Å². The number of aliphatic imine (C=N–C) groups is 1. The Hall–Kier alpha value is -1.50. The highest BCUT2D eigenvalue weighted by atomic mass is 127. The van der Waals surface area contributed by atoms with Crippen LogP contribution >= 0.6 is 24.0 Å². The van der Waals surface area contributed by atoms with Gasteiger partial charge >= 0.3 is 0 Å². The summed E-state index contributed by atoms with van der Waals surface area (Å²) in [4.78, 5) is 7.16. The number of anilines is 1. The molecule has 1 aromatic heterocycles. The molecule has 122 valence electrons. The predicted octanol–water partition coefficient (Wildman–Crippen LogP) is 3.61. The predicted molar refractivity (Wildman–Crippen MR) is 104 cm³/mol. The fraction of sp³-hybridized carbons (Fsp3) is 0.389. The molecule has 1 saturated carbocycles. The Kier molecular flexibility index (Phi) is 5.25. The van der Waals surface area contributed by atoms with E-state index in [1.54, 1.807) is 6.26 Å². The number of nitrogens with one attached hydrogen (secondary N) is 1. The number of hydrogen-bond acceptors (Lipinski definition) is 2. The molecule has 1 N–H and O–H groups in total. The fourth-order valence-corrected chi connectivity index (χ4v) is 2.90. The molecule has 1 aromatic carbocycles. The lowest BCUT2D eigenvalue weighted by Crippen LogP contribution is -2.42. The van der Waals surface area contributed by atoms with Crippen LogP contribution in [0.25, 0.3) is 0 Å². The van der Waals surface area contributed by atoms with Gasteiger partial charge in [0.25, 0.3) is 0 Å². The van der Waals surface area contributed by atoms with Crippen molar-refractivity contribution in [1.29, 1.82) is 0 Å². The Morgan fingerprint density at radius 2 is 2.09 bits per heavy atom. The minimum atomic E-state index is 0. The van der Waals surface area contributed by atoms with Gasteiger partial charge in [0.05, 0.1) is 6.26 Å². The molecule has 0 radical (unpaired) electrons. The van der Waals surface area contributed by atoms with Gasteiger partial charge in [-0.1, -0.05) is 18.2 Å². The van der Waals surface area contributed by atoms with Gasteiger partial charge in [-0.25, -0.2) is 0 Å². The van der Waals surface area contributed by atoms with Gasteiger partial charge in [-0.15, -0.1) is 24.0 Å². The highest BCUT2D eigenvalue weighted by Gasteiger charge is 2.28. The van der Waals surface area contributed by atoms with Crippen molar-refractivity contribution in [3.8, 4) is 0 Å². The third-order valence-electron chi connectivity index (χ3n) is 4.25. The van der Waals surface area contributed by atoms with Crippen LogP contribution in [-0.2, 0) is 12.8 Å². The van der Waals surface area contributed by atoms with Crippen LogP contribution in [0, 0.1) is 0 Å². The van der Waals surface area contributed by atoms with Gasteiger partial charge in [-0.2, -0.15) is 0 Å². The summed E-state index contributed by atoms with van der Waals surface area (Å²) < 4.78 is 5.39. The van der Waals surface area contributed by atoms with Gasteiger partial charge in [0.1, 0.15) is 5.76 Å². The summed E-state index contributed by atoms with van der Waals surface area (Å²) in [5, 5.41) is 3.60. The van der Waals surface area contributed by atoms with Crippen molar-refractivity contribution in [3.05, 3.63) is 54.0 Å². The number of benzene rings is 1. The molecule has 2 heterocycles. The zero-order chi connectivity index (χ0) is 14.8. The second kappa shape index (κ2) is 7.38. The molecule has 0 spiro atoms. The molecule has 0 atom stereocenters. The average molecular weight is 423 g/mol. The SMILES string of the molecule is I.c1coc(CCN=C(NC2CC2)N2CCc3ccccc32)c1. The summed E-state index contributed by atoms with van der Waals surface area (Å²) >= 11 is 0. The van der Waals surface area contributed by atoms with Gasteiger partial charge < -0.3 is 14.6 Å². The van der Waals surface area contributed by atoms with E-state index in [-0.39, 0.29) is 24.0 Å². The topological polar surface area (TPSA) is 40.8 Å². The van der Waals surface area contributed by atoms with Gasteiger partial charge in [-0.3, -0.25) is 4.99 Å². The Balaban J connectivity index is 0.00000156. The monoisotopic (exact) mass is 423 g/mol. The zero-order valence-corrected chi connectivity index (χ0v) is 15.4. The smallest absolute Gasteiger partial charge is 0.198 e. The van der Waals surface area contributed by atoms with E-state index in [9.17, 15) is 0 Å². The second-order valence-electron chi connectivity index (χ2n) is 5.98.